The summed E-state index contributed by atoms with van der Waals surface area (Å²) in [6.07, 6.45) is 3.77. The number of allylic oxidation sites excluding steroid dienone is 2. The molecule has 0 saturated carbocycles. The van der Waals surface area contributed by atoms with Gasteiger partial charge >= 0.3 is 0 Å². The first kappa shape index (κ1) is 18.2. The second-order valence-electron chi connectivity index (χ2n) is 6.00. The molecule has 0 bridgehead atoms. The van der Waals surface area contributed by atoms with E-state index in [0.717, 1.165) is 28.5 Å². The second kappa shape index (κ2) is 7.19. The summed E-state index contributed by atoms with van der Waals surface area (Å²) in [4.78, 5) is 12.3. The fourth-order valence-corrected chi connectivity index (χ4v) is 3.25. The van der Waals surface area contributed by atoms with Gasteiger partial charge in [-0.15, -0.1) is 0 Å². The number of amides is 1. The lowest BCUT2D eigenvalue weighted by Crippen LogP contribution is -2.36. The zero-order chi connectivity index (χ0) is 17.9. The predicted molar refractivity (Wildman–Crippen MR) is 95.8 cm³/mol. The highest BCUT2D eigenvalue weighted by Crippen LogP contribution is 2.25. The lowest BCUT2D eigenvalue weighted by molar-refractivity contribution is -0.127. The Morgan fingerprint density at radius 3 is 2.62 bits per heavy atom. The molecule has 0 aromatic heterocycles. The summed E-state index contributed by atoms with van der Waals surface area (Å²) < 4.78 is 25.1. The number of benzene rings is 1. The first-order chi connectivity index (χ1) is 11.2. The van der Waals surface area contributed by atoms with Crippen molar-refractivity contribution in [1.29, 1.82) is 0 Å². The highest BCUT2D eigenvalue weighted by atomic mass is 32.2. The first-order valence-corrected chi connectivity index (χ1v) is 9.53. The molecule has 2 N–H and O–H groups in total. The fraction of sp³-hybridized carbons (Fsp3) is 0.353. The zero-order valence-corrected chi connectivity index (χ0v) is 15.2. The van der Waals surface area contributed by atoms with E-state index < -0.39 is 10.0 Å². The molecule has 1 aromatic carbocycles. The van der Waals surface area contributed by atoms with Crippen LogP contribution < -0.4 is 10.1 Å². The number of sulfonamides is 1. The van der Waals surface area contributed by atoms with Crippen LogP contribution in [0.5, 0.6) is 0 Å². The van der Waals surface area contributed by atoms with Gasteiger partial charge in [0.15, 0.2) is 0 Å². The van der Waals surface area contributed by atoms with Gasteiger partial charge in [0.05, 0.1) is 12.8 Å². The van der Waals surface area contributed by atoms with E-state index >= 15 is 0 Å². The number of nitrogens with one attached hydrogen (secondary N) is 2. The van der Waals surface area contributed by atoms with Crippen molar-refractivity contribution in [3.63, 3.8) is 0 Å². The van der Waals surface area contributed by atoms with E-state index in [1.165, 1.54) is 0 Å². The predicted octanol–water partition coefficient (Wildman–Crippen LogP) is 1.84. The molecule has 1 amide bonds. The van der Waals surface area contributed by atoms with Crippen LogP contribution in [0.15, 0.2) is 47.1 Å². The van der Waals surface area contributed by atoms with Gasteiger partial charge in [-0.05, 0) is 43.5 Å². The van der Waals surface area contributed by atoms with Crippen LogP contribution in [0.3, 0.4) is 0 Å². The van der Waals surface area contributed by atoms with Gasteiger partial charge in [-0.3, -0.25) is 14.5 Å². The standard InChI is InChI=1S/C17H23N3O3S/c1-12(2)16-14(11-20(18-3)17(16)21)9-8-13-6-5-7-15(10-13)19-24(4,22)23/h5-7,9-10,18-19H,8,11H2,1-4H3/b14-9-. The number of carbonyl (C=O) groups excluding carboxylic acids is 1. The molecule has 1 fully saturated rings. The molecule has 1 heterocycles. The SMILES string of the molecule is CNN1C/C(=C/Cc2cccc(NS(C)(=O)=O)c2)C(=C(C)C)C1=O. The molecule has 0 atom stereocenters. The largest absolute Gasteiger partial charge is 0.284 e. The van der Waals surface area contributed by atoms with Crippen LogP contribution in [-0.2, 0) is 21.2 Å². The molecule has 130 valence electrons. The second-order valence-corrected chi connectivity index (χ2v) is 7.75. The Kier molecular flexibility index (Phi) is 5.46. The van der Waals surface area contributed by atoms with Crippen LogP contribution in [0.4, 0.5) is 5.69 Å². The molecular formula is C17H23N3O3S. The van der Waals surface area contributed by atoms with Crippen molar-refractivity contribution in [2.75, 3.05) is 24.6 Å². The van der Waals surface area contributed by atoms with Gasteiger partial charge < -0.3 is 0 Å². The monoisotopic (exact) mass is 349 g/mol. The Morgan fingerprint density at radius 2 is 2.04 bits per heavy atom. The van der Waals surface area contributed by atoms with Gasteiger partial charge in [0.2, 0.25) is 10.0 Å². The maximum atomic E-state index is 12.3. The topological polar surface area (TPSA) is 78.5 Å². The maximum absolute atomic E-state index is 12.3. The van der Waals surface area contributed by atoms with E-state index in [-0.39, 0.29) is 5.91 Å². The van der Waals surface area contributed by atoms with Crippen molar-refractivity contribution < 1.29 is 13.2 Å². The minimum atomic E-state index is -3.29. The summed E-state index contributed by atoms with van der Waals surface area (Å²) >= 11 is 0. The lowest BCUT2D eigenvalue weighted by Gasteiger charge is -2.11. The van der Waals surface area contributed by atoms with Crippen LogP contribution in [0.2, 0.25) is 0 Å². The van der Waals surface area contributed by atoms with Crippen molar-refractivity contribution in [2.24, 2.45) is 0 Å². The maximum Gasteiger partial charge on any atom is 0.268 e. The molecule has 1 aliphatic heterocycles. The van der Waals surface area contributed by atoms with Crippen molar-refractivity contribution in [2.45, 2.75) is 20.3 Å². The average Bonchev–Trinajstić information content (AvgIpc) is 2.80. The van der Waals surface area contributed by atoms with Gasteiger partial charge in [-0.2, -0.15) is 0 Å². The number of anilines is 1. The molecule has 0 spiro atoms. The summed E-state index contributed by atoms with van der Waals surface area (Å²) in [5, 5.41) is 1.58. The van der Waals surface area contributed by atoms with Crippen molar-refractivity contribution in [3.05, 3.63) is 52.6 Å². The Morgan fingerprint density at radius 1 is 1.33 bits per heavy atom. The van der Waals surface area contributed by atoms with Crippen LogP contribution in [0.25, 0.3) is 0 Å². The summed E-state index contributed by atoms with van der Waals surface area (Å²) in [7, 11) is -1.57. The first-order valence-electron chi connectivity index (χ1n) is 7.64. The number of hydrogen-bond donors (Lipinski definition) is 2. The number of hydrazine groups is 1. The number of nitrogens with zero attached hydrogens (tertiary/aromatic N) is 1. The molecule has 2 rings (SSSR count). The van der Waals surface area contributed by atoms with Crippen LogP contribution in [-0.4, -0.2) is 39.2 Å². The number of rotatable bonds is 5. The molecule has 0 unspecified atom stereocenters. The third-order valence-electron chi connectivity index (χ3n) is 3.69. The Bertz CT molecular complexity index is 806. The number of hydrogen-bond acceptors (Lipinski definition) is 4. The molecule has 0 radical (unpaired) electrons. The van der Waals surface area contributed by atoms with Crippen LogP contribution >= 0.6 is 0 Å². The normalized spacial score (nSPS) is 16.8. The molecule has 6 nitrogen and oxygen atoms in total. The quantitative estimate of drug-likeness (QED) is 0.795. The Labute approximate surface area is 143 Å². The van der Waals surface area contributed by atoms with E-state index in [1.54, 1.807) is 24.2 Å². The molecular weight excluding hydrogens is 326 g/mol. The third kappa shape index (κ3) is 4.46. The van der Waals surface area contributed by atoms with Crippen molar-refractivity contribution in [3.8, 4) is 0 Å². The van der Waals surface area contributed by atoms with Crippen molar-refractivity contribution in [1.82, 2.24) is 10.4 Å². The molecule has 24 heavy (non-hydrogen) atoms. The van der Waals surface area contributed by atoms with Crippen molar-refractivity contribution >= 4 is 21.6 Å². The van der Waals surface area contributed by atoms with Crippen LogP contribution in [0.1, 0.15) is 19.4 Å². The summed E-state index contributed by atoms with van der Waals surface area (Å²) in [6, 6.07) is 7.25. The highest BCUT2D eigenvalue weighted by molar-refractivity contribution is 7.92. The summed E-state index contributed by atoms with van der Waals surface area (Å²) in [5.74, 6) is -0.0174. The average molecular weight is 349 g/mol. The van der Waals surface area contributed by atoms with Gasteiger partial charge in [0.1, 0.15) is 0 Å². The fourth-order valence-electron chi connectivity index (χ4n) is 2.69. The molecule has 0 aliphatic carbocycles. The third-order valence-corrected chi connectivity index (χ3v) is 4.30. The molecule has 1 saturated heterocycles. The lowest BCUT2D eigenvalue weighted by atomic mass is 10.0. The van der Waals surface area contributed by atoms with E-state index in [9.17, 15) is 13.2 Å². The van der Waals surface area contributed by atoms with E-state index in [2.05, 4.69) is 10.1 Å². The smallest absolute Gasteiger partial charge is 0.268 e. The Hall–Kier alpha value is -2.12. The van der Waals surface area contributed by atoms with Gasteiger partial charge in [-0.25, -0.2) is 13.8 Å². The van der Waals surface area contributed by atoms with E-state index in [4.69, 9.17) is 0 Å². The van der Waals surface area contributed by atoms with Gasteiger partial charge in [0, 0.05) is 18.3 Å². The minimum absolute atomic E-state index is 0.0174. The summed E-state index contributed by atoms with van der Waals surface area (Å²) in [5.41, 5.74) is 7.11. The van der Waals surface area contributed by atoms with Crippen LogP contribution in [0, 0.1) is 0 Å². The molecule has 1 aromatic rings. The number of carbonyl (C=O) groups is 1. The molecule has 7 heteroatoms. The zero-order valence-electron chi connectivity index (χ0n) is 14.4. The summed E-state index contributed by atoms with van der Waals surface area (Å²) in [6.45, 7) is 4.38. The Balaban J connectivity index is 2.23. The molecule has 1 aliphatic rings. The van der Waals surface area contributed by atoms with E-state index in [1.807, 2.05) is 32.1 Å². The minimum Gasteiger partial charge on any atom is -0.284 e. The highest BCUT2D eigenvalue weighted by Gasteiger charge is 2.30. The van der Waals surface area contributed by atoms with Gasteiger partial charge in [-0.1, -0.05) is 23.8 Å². The van der Waals surface area contributed by atoms with Gasteiger partial charge in [0.25, 0.3) is 5.91 Å². The van der Waals surface area contributed by atoms with E-state index in [0.29, 0.717) is 18.7 Å².